The smallest absolute Gasteiger partial charge is 0.0966 e. The van der Waals surface area contributed by atoms with Crippen LogP contribution in [0, 0.1) is 11.8 Å². The number of nitrogens with one attached hydrogen (secondary N) is 1. The molecule has 3 fully saturated rings. The molecule has 2 nitrogen and oxygen atoms in total. The fourth-order valence-electron chi connectivity index (χ4n) is 4.66. The number of amidine groups is 1. The van der Waals surface area contributed by atoms with Crippen LogP contribution < -0.4 is 5.32 Å². The largest absolute Gasteiger partial charge is 0.374 e. The summed E-state index contributed by atoms with van der Waals surface area (Å²) in [5, 5.41) is 3.69. The zero-order valence-corrected chi connectivity index (χ0v) is 13.8. The van der Waals surface area contributed by atoms with Gasteiger partial charge in [0.1, 0.15) is 0 Å². The molecule has 2 saturated carbocycles. The van der Waals surface area contributed by atoms with Gasteiger partial charge in [0.15, 0.2) is 0 Å². The van der Waals surface area contributed by atoms with Crippen LogP contribution in [0.5, 0.6) is 0 Å². The van der Waals surface area contributed by atoms with Crippen LogP contribution in [-0.4, -0.2) is 18.4 Å². The first kappa shape index (κ1) is 15.4. The average molecular weight is 290 g/mol. The van der Waals surface area contributed by atoms with Crippen LogP contribution in [-0.2, 0) is 0 Å². The Morgan fingerprint density at radius 1 is 0.762 bits per heavy atom. The van der Waals surface area contributed by atoms with Crippen LogP contribution in [0.4, 0.5) is 0 Å². The molecule has 21 heavy (non-hydrogen) atoms. The third kappa shape index (κ3) is 4.72. The third-order valence-corrected chi connectivity index (χ3v) is 5.94. The molecular weight excluding hydrogens is 256 g/mol. The Bertz CT molecular complexity index is 320. The Labute approximate surface area is 131 Å². The summed E-state index contributed by atoms with van der Waals surface area (Å²) in [4.78, 5) is 5.17. The first-order valence-electron chi connectivity index (χ1n) is 9.72. The van der Waals surface area contributed by atoms with Crippen LogP contribution in [0.2, 0.25) is 0 Å². The van der Waals surface area contributed by atoms with Crippen LogP contribution in [0.3, 0.4) is 0 Å². The van der Waals surface area contributed by atoms with Crippen molar-refractivity contribution in [2.24, 2.45) is 16.8 Å². The van der Waals surface area contributed by atoms with E-state index < -0.39 is 0 Å². The highest BCUT2D eigenvalue weighted by Gasteiger charge is 2.39. The summed E-state index contributed by atoms with van der Waals surface area (Å²) < 4.78 is 0. The second kappa shape index (κ2) is 8.19. The maximum absolute atomic E-state index is 5.17. The van der Waals surface area contributed by atoms with E-state index in [1.54, 1.807) is 0 Å². The van der Waals surface area contributed by atoms with Gasteiger partial charge < -0.3 is 5.32 Å². The second-order valence-electron chi connectivity index (χ2n) is 7.68. The van der Waals surface area contributed by atoms with Gasteiger partial charge in [-0.3, -0.25) is 4.99 Å². The molecule has 0 aromatic heterocycles. The monoisotopic (exact) mass is 290 g/mol. The minimum atomic E-state index is 0.668. The van der Waals surface area contributed by atoms with Crippen LogP contribution in [0.15, 0.2) is 4.99 Å². The minimum absolute atomic E-state index is 0.668. The third-order valence-electron chi connectivity index (χ3n) is 5.94. The summed E-state index contributed by atoms with van der Waals surface area (Å²) in [5.41, 5.74) is 0. The van der Waals surface area contributed by atoms with Gasteiger partial charge in [-0.05, 0) is 43.9 Å². The summed E-state index contributed by atoms with van der Waals surface area (Å²) in [6.45, 7) is 1.15. The van der Waals surface area contributed by atoms with E-state index in [4.69, 9.17) is 4.99 Å². The van der Waals surface area contributed by atoms with Crippen molar-refractivity contribution >= 4 is 5.84 Å². The Morgan fingerprint density at radius 2 is 1.48 bits per heavy atom. The molecule has 0 aromatic carbocycles. The molecule has 3 rings (SSSR count). The molecule has 0 aromatic rings. The van der Waals surface area contributed by atoms with Crippen molar-refractivity contribution in [2.45, 2.75) is 95.9 Å². The molecule has 1 N–H and O–H groups in total. The van der Waals surface area contributed by atoms with Crippen molar-refractivity contribution in [1.82, 2.24) is 5.32 Å². The van der Waals surface area contributed by atoms with E-state index in [9.17, 15) is 0 Å². The molecule has 120 valence electrons. The average Bonchev–Trinajstić information content (AvgIpc) is 3.10. The lowest BCUT2D eigenvalue weighted by Crippen LogP contribution is -2.28. The fourth-order valence-corrected chi connectivity index (χ4v) is 4.66. The molecule has 0 amide bonds. The molecule has 3 unspecified atom stereocenters. The lowest BCUT2D eigenvalue weighted by Gasteiger charge is -2.20. The molecule has 2 bridgehead atoms. The predicted molar refractivity (Wildman–Crippen MR) is 90.8 cm³/mol. The Balaban J connectivity index is 1.52. The highest BCUT2D eigenvalue weighted by Crippen LogP contribution is 2.46. The van der Waals surface area contributed by atoms with Gasteiger partial charge in [0, 0.05) is 13.0 Å². The van der Waals surface area contributed by atoms with Crippen LogP contribution in [0.25, 0.3) is 0 Å². The first-order valence-corrected chi connectivity index (χ1v) is 9.72. The summed E-state index contributed by atoms with van der Waals surface area (Å²) in [5.74, 6) is 3.29. The predicted octanol–water partition coefficient (Wildman–Crippen LogP) is 5.08. The zero-order valence-electron chi connectivity index (χ0n) is 13.8. The van der Waals surface area contributed by atoms with E-state index in [0.717, 1.165) is 18.4 Å². The Hall–Kier alpha value is -0.530. The fraction of sp³-hybridized carbons (Fsp3) is 0.947. The molecule has 0 radical (unpaired) electrons. The zero-order chi connectivity index (χ0) is 14.3. The Morgan fingerprint density at radius 3 is 2.14 bits per heavy atom. The minimum Gasteiger partial charge on any atom is -0.374 e. The first-order chi connectivity index (χ1) is 10.4. The van der Waals surface area contributed by atoms with Crippen LogP contribution in [0.1, 0.15) is 89.9 Å². The van der Waals surface area contributed by atoms with Crippen LogP contribution >= 0.6 is 0 Å². The molecule has 2 heteroatoms. The van der Waals surface area contributed by atoms with E-state index in [-0.39, 0.29) is 0 Å². The number of fused-ring (bicyclic) bond motifs is 2. The maximum atomic E-state index is 5.17. The van der Waals surface area contributed by atoms with Gasteiger partial charge in [-0.15, -0.1) is 0 Å². The number of hydrogen-bond donors (Lipinski definition) is 1. The summed E-state index contributed by atoms with van der Waals surface area (Å²) in [6.07, 6.45) is 19.7. The van der Waals surface area contributed by atoms with Crippen molar-refractivity contribution in [3.8, 4) is 0 Å². The van der Waals surface area contributed by atoms with E-state index in [0.29, 0.717) is 6.04 Å². The van der Waals surface area contributed by atoms with Crippen molar-refractivity contribution in [3.05, 3.63) is 0 Å². The van der Waals surface area contributed by atoms with Gasteiger partial charge in [-0.1, -0.05) is 51.4 Å². The van der Waals surface area contributed by atoms with Gasteiger partial charge in [-0.2, -0.15) is 0 Å². The molecule has 0 spiro atoms. The highest BCUT2D eigenvalue weighted by molar-refractivity contribution is 5.82. The summed E-state index contributed by atoms with van der Waals surface area (Å²) in [6, 6.07) is 0.668. The topological polar surface area (TPSA) is 24.4 Å². The van der Waals surface area contributed by atoms with E-state index in [1.165, 1.54) is 95.7 Å². The van der Waals surface area contributed by atoms with E-state index in [1.807, 2.05) is 0 Å². The number of nitrogens with zero attached hydrogens (tertiary/aromatic N) is 1. The molecule has 3 atom stereocenters. The normalized spacial score (nSPS) is 37.5. The lowest BCUT2D eigenvalue weighted by molar-refractivity contribution is 0.418. The van der Waals surface area contributed by atoms with Gasteiger partial charge in [0.2, 0.25) is 0 Å². The standard InChI is InChI=1S/C19H34N2/c1-2-4-6-8-10-19(20-13-9-7-5-3-1)21-18-15-16-11-12-17(18)14-16/h16-18H,1-15H2,(H,20,21). The number of aliphatic imine (C=N–C) groups is 1. The second-order valence-corrected chi connectivity index (χ2v) is 7.68. The van der Waals surface area contributed by atoms with E-state index >= 15 is 0 Å². The van der Waals surface area contributed by atoms with Gasteiger partial charge >= 0.3 is 0 Å². The Kier molecular flexibility index (Phi) is 6.00. The number of rotatable bonds is 1. The SMILES string of the molecule is C1CCCCCNC(=NC2CC3CCC2C3)CCCCC1. The van der Waals surface area contributed by atoms with Crippen molar-refractivity contribution in [1.29, 1.82) is 0 Å². The van der Waals surface area contributed by atoms with Gasteiger partial charge in [0.05, 0.1) is 11.9 Å². The number of hydrogen-bond acceptors (Lipinski definition) is 1. The molecule has 2 aliphatic carbocycles. The molecule has 3 aliphatic rings. The van der Waals surface area contributed by atoms with Crippen molar-refractivity contribution < 1.29 is 0 Å². The molecular formula is C19H34N2. The molecule has 1 aliphatic heterocycles. The highest BCUT2D eigenvalue weighted by atomic mass is 15.0. The molecule has 1 saturated heterocycles. The quantitative estimate of drug-likeness (QED) is 0.715. The lowest BCUT2D eigenvalue weighted by atomic mass is 9.96. The summed E-state index contributed by atoms with van der Waals surface area (Å²) >= 11 is 0. The summed E-state index contributed by atoms with van der Waals surface area (Å²) in [7, 11) is 0. The van der Waals surface area contributed by atoms with Gasteiger partial charge in [0.25, 0.3) is 0 Å². The van der Waals surface area contributed by atoms with Crippen molar-refractivity contribution in [3.63, 3.8) is 0 Å². The molecule has 1 heterocycles. The van der Waals surface area contributed by atoms with Gasteiger partial charge in [-0.25, -0.2) is 0 Å². The maximum Gasteiger partial charge on any atom is 0.0966 e. The van der Waals surface area contributed by atoms with Crippen molar-refractivity contribution in [2.75, 3.05) is 6.54 Å². The van der Waals surface area contributed by atoms with E-state index in [2.05, 4.69) is 5.32 Å².